The number of carbonyl (C=O) groups is 1. The summed E-state index contributed by atoms with van der Waals surface area (Å²) in [6.07, 6.45) is 0. The predicted octanol–water partition coefficient (Wildman–Crippen LogP) is 2.06. The first-order valence-corrected chi connectivity index (χ1v) is 5.01. The third-order valence-corrected chi connectivity index (χ3v) is 2.41. The van der Waals surface area contributed by atoms with Gasteiger partial charge in [0.25, 0.3) is 0 Å². The van der Waals surface area contributed by atoms with E-state index in [0.717, 1.165) is 5.56 Å². The van der Waals surface area contributed by atoms with Crippen molar-refractivity contribution in [3.8, 4) is 0 Å². The maximum atomic E-state index is 11.3. The highest BCUT2D eigenvalue weighted by Crippen LogP contribution is 2.20. The van der Waals surface area contributed by atoms with Crippen molar-refractivity contribution in [2.24, 2.45) is 5.73 Å². The first kappa shape index (κ1) is 11.7. The Kier molecular flexibility index (Phi) is 3.86. The van der Waals surface area contributed by atoms with Crippen LogP contribution < -0.4 is 5.73 Å². The molecule has 82 valence electrons. The van der Waals surface area contributed by atoms with Crippen LogP contribution in [0.5, 0.6) is 0 Å². The second kappa shape index (κ2) is 4.94. The normalized spacial score (nSPS) is 10.5. The molecule has 3 nitrogen and oxygen atoms in total. The van der Waals surface area contributed by atoms with Gasteiger partial charge in [-0.25, -0.2) is 4.79 Å². The molecule has 0 aliphatic heterocycles. The van der Waals surface area contributed by atoms with Crippen LogP contribution in [0.25, 0.3) is 0 Å². The Morgan fingerprint density at radius 2 is 2.13 bits per heavy atom. The van der Waals surface area contributed by atoms with Crippen molar-refractivity contribution >= 4 is 5.97 Å². The molecule has 0 atom stereocenters. The highest BCUT2D eigenvalue weighted by atomic mass is 16.5. The molecule has 0 radical (unpaired) electrons. The molecule has 1 aromatic rings. The van der Waals surface area contributed by atoms with Gasteiger partial charge in [0.05, 0.1) is 12.7 Å². The Morgan fingerprint density at radius 1 is 1.47 bits per heavy atom. The third-order valence-electron chi connectivity index (χ3n) is 2.41. The first-order chi connectivity index (χ1) is 7.10. The van der Waals surface area contributed by atoms with Crippen molar-refractivity contribution in [2.45, 2.75) is 26.3 Å². The number of esters is 1. The summed E-state index contributed by atoms with van der Waals surface area (Å²) in [5.41, 5.74) is 8.40. The van der Waals surface area contributed by atoms with E-state index in [2.05, 4.69) is 18.6 Å². The minimum absolute atomic E-state index is 0.319. The lowest BCUT2D eigenvalue weighted by molar-refractivity contribution is 0.0600. The summed E-state index contributed by atoms with van der Waals surface area (Å²) in [7, 11) is 1.38. The van der Waals surface area contributed by atoms with Gasteiger partial charge < -0.3 is 10.5 Å². The zero-order chi connectivity index (χ0) is 11.4. The van der Waals surface area contributed by atoms with Crippen LogP contribution in [0.2, 0.25) is 0 Å². The molecule has 1 rings (SSSR count). The van der Waals surface area contributed by atoms with Gasteiger partial charge in [-0.2, -0.15) is 0 Å². The van der Waals surface area contributed by atoms with Crippen LogP contribution >= 0.6 is 0 Å². The first-order valence-electron chi connectivity index (χ1n) is 5.01. The summed E-state index contributed by atoms with van der Waals surface area (Å²) in [5, 5.41) is 0. The number of rotatable bonds is 3. The highest BCUT2D eigenvalue weighted by molar-refractivity contribution is 5.89. The molecule has 0 unspecified atom stereocenters. The summed E-state index contributed by atoms with van der Waals surface area (Å²) in [4.78, 5) is 11.3. The molecule has 3 heteroatoms. The van der Waals surface area contributed by atoms with E-state index in [1.54, 1.807) is 12.1 Å². The fourth-order valence-corrected chi connectivity index (χ4v) is 1.59. The lowest BCUT2D eigenvalue weighted by Crippen LogP contribution is -2.07. The van der Waals surface area contributed by atoms with Crippen LogP contribution in [0.4, 0.5) is 0 Å². The molecule has 0 fully saturated rings. The van der Waals surface area contributed by atoms with E-state index in [0.29, 0.717) is 18.0 Å². The van der Waals surface area contributed by atoms with Gasteiger partial charge in [0, 0.05) is 6.54 Å². The minimum atomic E-state index is -0.319. The van der Waals surface area contributed by atoms with E-state index < -0.39 is 0 Å². The molecule has 0 aromatic heterocycles. The smallest absolute Gasteiger partial charge is 0.337 e. The SMILES string of the molecule is COC(=O)c1ccc(C(C)C)c(CN)c1. The number of nitrogens with two attached hydrogens (primary N) is 1. The predicted molar refractivity (Wildman–Crippen MR) is 59.8 cm³/mol. The maximum Gasteiger partial charge on any atom is 0.337 e. The summed E-state index contributed by atoms with van der Waals surface area (Å²) in [6, 6.07) is 5.53. The Labute approximate surface area is 90.2 Å². The van der Waals surface area contributed by atoms with Gasteiger partial charge in [-0.3, -0.25) is 0 Å². The molecule has 0 saturated carbocycles. The molecular formula is C12H17NO2. The van der Waals surface area contributed by atoms with Crippen LogP contribution in [0.15, 0.2) is 18.2 Å². The summed E-state index contributed by atoms with van der Waals surface area (Å²) < 4.78 is 4.66. The molecule has 0 saturated heterocycles. The zero-order valence-electron chi connectivity index (χ0n) is 9.41. The number of methoxy groups -OCH3 is 1. The minimum Gasteiger partial charge on any atom is -0.465 e. The van der Waals surface area contributed by atoms with Crippen molar-refractivity contribution in [3.63, 3.8) is 0 Å². The van der Waals surface area contributed by atoms with Gasteiger partial charge in [-0.1, -0.05) is 19.9 Å². The van der Waals surface area contributed by atoms with Gasteiger partial charge >= 0.3 is 5.97 Å². The largest absolute Gasteiger partial charge is 0.465 e. The number of ether oxygens (including phenoxy) is 1. The van der Waals surface area contributed by atoms with E-state index in [-0.39, 0.29) is 5.97 Å². The zero-order valence-corrected chi connectivity index (χ0v) is 9.41. The molecule has 0 spiro atoms. The molecule has 0 aliphatic carbocycles. The molecule has 0 bridgehead atoms. The van der Waals surface area contributed by atoms with E-state index in [4.69, 9.17) is 5.73 Å². The standard InChI is InChI=1S/C12H17NO2/c1-8(2)11-5-4-9(12(14)15-3)6-10(11)7-13/h4-6,8H,7,13H2,1-3H3. The molecule has 0 aliphatic rings. The van der Waals surface area contributed by atoms with Crippen molar-refractivity contribution in [3.05, 3.63) is 34.9 Å². The maximum absolute atomic E-state index is 11.3. The number of hydrogen-bond donors (Lipinski definition) is 1. The lowest BCUT2D eigenvalue weighted by Gasteiger charge is -2.12. The average Bonchev–Trinajstić information content (AvgIpc) is 2.26. The Bertz CT molecular complexity index is 359. The van der Waals surface area contributed by atoms with E-state index in [1.807, 2.05) is 6.07 Å². The quantitative estimate of drug-likeness (QED) is 0.772. The van der Waals surface area contributed by atoms with Crippen molar-refractivity contribution in [1.29, 1.82) is 0 Å². The van der Waals surface area contributed by atoms with E-state index >= 15 is 0 Å². The summed E-state index contributed by atoms with van der Waals surface area (Å²) in [5.74, 6) is 0.0928. The average molecular weight is 207 g/mol. The number of carbonyl (C=O) groups excluding carboxylic acids is 1. The van der Waals surface area contributed by atoms with E-state index in [1.165, 1.54) is 12.7 Å². The van der Waals surface area contributed by atoms with Gasteiger partial charge in [-0.15, -0.1) is 0 Å². The number of hydrogen-bond acceptors (Lipinski definition) is 3. The van der Waals surface area contributed by atoms with Crippen molar-refractivity contribution < 1.29 is 9.53 Å². The second-order valence-electron chi connectivity index (χ2n) is 3.76. The Balaban J connectivity index is 3.13. The van der Waals surface area contributed by atoms with Gasteiger partial charge in [0.15, 0.2) is 0 Å². The van der Waals surface area contributed by atoms with Gasteiger partial charge in [0.1, 0.15) is 0 Å². The highest BCUT2D eigenvalue weighted by Gasteiger charge is 2.10. The van der Waals surface area contributed by atoms with Crippen LogP contribution in [0, 0.1) is 0 Å². The lowest BCUT2D eigenvalue weighted by atomic mass is 9.95. The van der Waals surface area contributed by atoms with Crippen LogP contribution in [-0.4, -0.2) is 13.1 Å². The molecule has 0 heterocycles. The van der Waals surface area contributed by atoms with Crippen molar-refractivity contribution in [1.82, 2.24) is 0 Å². The molecular weight excluding hydrogens is 190 g/mol. The Hall–Kier alpha value is -1.35. The van der Waals surface area contributed by atoms with Gasteiger partial charge in [0.2, 0.25) is 0 Å². The van der Waals surface area contributed by atoms with Crippen molar-refractivity contribution in [2.75, 3.05) is 7.11 Å². The fraction of sp³-hybridized carbons (Fsp3) is 0.417. The van der Waals surface area contributed by atoms with Crippen LogP contribution in [-0.2, 0) is 11.3 Å². The Morgan fingerprint density at radius 3 is 2.60 bits per heavy atom. The van der Waals surface area contributed by atoms with Crippen LogP contribution in [0.1, 0.15) is 41.3 Å². The second-order valence-corrected chi connectivity index (χ2v) is 3.76. The molecule has 1 aromatic carbocycles. The van der Waals surface area contributed by atoms with Crippen LogP contribution in [0.3, 0.4) is 0 Å². The fourth-order valence-electron chi connectivity index (χ4n) is 1.59. The number of benzene rings is 1. The van der Waals surface area contributed by atoms with Gasteiger partial charge in [-0.05, 0) is 29.2 Å². The summed E-state index contributed by atoms with van der Waals surface area (Å²) in [6.45, 7) is 4.65. The monoisotopic (exact) mass is 207 g/mol. The third kappa shape index (κ3) is 2.57. The molecule has 2 N–H and O–H groups in total. The molecule has 15 heavy (non-hydrogen) atoms. The summed E-state index contributed by atoms with van der Waals surface area (Å²) >= 11 is 0. The van der Waals surface area contributed by atoms with E-state index in [9.17, 15) is 4.79 Å². The topological polar surface area (TPSA) is 52.3 Å². The molecule has 0 amide bonds.